The van der Waals surface area contributed by atoms with Crippen LogP contribution in [0.5, 0.6) is 0 Å². The van der Waals surface area contributed by atoms with Gasteiger partial charge in [-0.3, -0.25) is 14.6 Å². The zero-order chi connectivity index (χ0) is 18.3. The standard InChI is InChI=1S/C19H22N4O3/c1-12-17(13(2)26-21-12)11-23-16-4-3-15(19(23)25)9-22(10-16)18(24)14-5-7-20-8-6-14/h5-8,15-16H,3-4,9-11H2,1-2H3. The number of rotatable bonds is 3. The van der Waals surface area contributed by atoms with Gasteiger partial charge in [0.2, 0.25) is 5.91 Å². The summed E-state index contributed by atoms with van der Waals surface area (Å²) < 4.78 is 5.24. The zero-order valence-electron chi connectivity index (χ0n) is 15.0. The van der Waals surface area contributed by atoms with Crippen molar-refractivity contribution < 1.29 is 14.1 Å². The molecule has 2 aromatic rings. The first-order valence-corrected chi connectivity index (χ1v) is 8.96. The maximum atomic E-state index is 13.0. The van der Waals surface area contributed by atoms with Gasteiger partial charge in [-0.15, -0.1) is 0 Å². The number of pyridine rings is 1. The second-order valence-corrected chi connectivity index (χ2v) is 7.14. The number of aryl methyl sites for hydroxylation is 2. The molecule has 2 amide bonds. The summed E-state index contributed by atoms with van der Waals surface area (Å²) in [5, 5.41) is 3.99. The number of nitrogens with zero attached hydrogens (tertiary/aromatic N) is 4. The fraction of sp³-hybridized carbons (Fsp3) is 0.474. The molecular weight excluding hydrogens is 332 g/mol. The Bertz CT molecular complexity index is 813. The Labute approximate surface area is 152 Å². The first-order chi connectivity index (χ1) is 12.5. The van der Waals surface area contributed by atoms with Crippen LogP contribution in [-0.2, 0) is 11.3 Å². The zero-order valence-corrected chi connectivity index (χ0v) is 15.0. The van der Waals surface area contributed by atoms with Crippen molar-refractivity contribution in [1.29, 1.82) is 0 Å². The first kappa shape index (κ1) is 16.8. The van der Waals surface area contributed by atoms with Crippen molar-refractivity contribution in [2.75, 3.05) is 13.1 Å². The second-order valence-electron chi connectivity index (χ2n) is 7.14. The quantitative estimate of drug-likeness (QED) is 0.842. The van der Waals surface area contributed by atoms with E-state index in [-0.39, 0.29) is 23.8 Å². The van der Waals surface area contributed by atoms with Crippen LogP contribution in [-0.4, -0.2) is 50.9 Å². The Morgan fingerprint density at radius 3 is 2.69 bits per heavy atom. The highest BCUT2D eigenvalue weighted by atomic mass is 16.5. The largest absolute Gasteiger partial charge is 0.361 e. The molecule has 3 saturated heterocycles. The fourth-order valence-corrected chi connectivity index (χ4v) is 3.99. The third-order valence-electron chi connectivity index (χ3n) is 5.52. The molecule has 0 spiro atoms. The highest BCUT2D eigenvalue weighted by Gasteiger charge is 2.42. The predicted octanol–water partition coefficient (Wildman–Crippen LogP) is 1.95. The first-order valence-electron chi connectivity index (χ1n) is 8.96. The lowest BCUT2D eigenvalue weighted by Gasteiger charge is -2.35. The van der Waals surface area contributed by atoms with Gasteiger partial charge in [0.05, 0.1) is 18.2 Å². The lowest BCUT2D eigenvalue weighted by atomic mass is 9.93. The molecule has 2 unspecified atom stereocenters. The number of carbonyl (C=O) groups is 2. The van der Waals surface area contributed by atoms with Crippen LogP contribution < -0.4 is 0 Å². The van der Waals surface area contributed by atoms with Gasteiger partial charge in [0.15, 0.2) is 0 Å². The van der Waals surface area contributed by atoms with Crippen molar-refractivity contribution >= 4 is 11.8 Å². The third kappa shape index (κ3) is 2.87. The van der Waals surface area contributed by atoms with Gasteiger partial charge in [-0.05, 0) is 38.8 Å². The van der Waals surface area contributed by atoms with E-state index in [1.54, 1.807) is 24.5 Å². The number of hydrogen-bond donors (Lipinski definition) is 0. The summed E-state index contributed by atoms with van der Waals surface area (Å²) in [5.41, 5.74) is 2.41. The molecule has 26 heavy (non-hydrogen) atoms. The number of hydrogen-bond acceptors (Lipinski definition) is 5. The molecule has 0 saturated carbocycles. The maximum absolute atomic E-state index is 13.0. The smallest absolute Gasteiger partial charge is 0.254 e. The second kappa shape index (κ2) is 6.55. The van der Waals surface area contributed by atoms with Crippen molar-refractivity contribution in [2.24, 2.45) is 5.92 Å². The van der Waals surface area contributed by atoms with Gasteiger partial charge in [-0.2, -0.15) is 0 Å². The molecule has 3 aliphatic rings. The maximum Gasteiger partial charge on any atom is 0.254 e. The molecular formula is C19H22N4O3. The van der Waals surface area contributed by atoms with Gasteiger partial charge in [-0.1, -0.05) is 5.16 Å². The molecule has 5 rings (SSSR count). The molecule has 2 bridgehead atoms. The van der Waals surface area contributed by atoms with Crippen LogP contribution in [0.1, 0.15) is 40.2 Å². The van der Waals surface area contributed by atoms with Crippen molar-refractivity contribution in [2.45, 2.75) is 39.3 Å². The molecule has 0 aliphatic carbocycles. The van der Waals surface area contributed by atoms with Crippen LogP contribution in [0.25, 0.3) is 0 Å². The normalized spacial score (nSPS) is 22.6. The minimum absolute atomic E-state index is 0.0285. The van der Waals surface area contributed by atoms with Gasteiger partial charge < -0.3 is 14.3 Å². The Kier molecular flexibility index (Phi) is 4.22. The summed E-state index contributed by atoms with van der Waals surface area (Å²) in [6, 6.07) is 3.47. The summed E-state index contributed by atoms with van der Waals surface area (Å²) in [6.07, 6.45) is 4.99. The van der Waals surface area contributed by atoms with Gasteiger partial charge in [0, 0.05) is 42.7 Å². The molecule has 2 aromatic heterocycles. The van der Waals surface area contributed by atoms with Crippen molar-refractivity contribution in [3.8, 4) is 0 Å². The summed E-state index contributed by atoms with van der Waals surface area (Å²) >= 11 is 0. The Morgan fingerprint density at radius 2 is 2.00 bits per heavy atom. The molecule has 5 heterocycles. The summed E-state index contributed by atoms with van der Waals surface area (Å²) in [7, 11) is 0. The van der Waals surface area contributed by atoms with Crippen molar-refractivity contribution in [3.05, 3.63) is 47.1 Å². The monoisotopic (exact) mass is 354 g/mol. The molecule has 3 aliphatic heterocycles. The van der Waals surface area contributed by atoms with Gasteiger partial charge >= 0.3 is 0 Å². The van der Waals surface area contributed by atoms with E-state index < -0.39 is 0 Å². The fourth-order valence-electron chi connectivity index (χ4n) is 3.99. The Morgan fingerprint density at radius 1 is 1.23 bits per heavy atom. The lowest BCUT2D eigenvalue weighted by Crippen LogP contribution is -2.47. The number of aromatic nitrogens is 2. The van der Waals surface area contributed by atoms with Crippen LogP contribution in [0.4, 0.5) is 0 Å². The minimum Gasteiger partial charge on any atom is -0.361 e. The number of amides is 2. The summed E-state index contributed by atoms with van der Waals surface area (Å²) in [4.78, 5) is 33.5. The average molecular weight is 354 g/mol. The third-order valence-corrected chi connectivity index (χ3v) is 5.52. The van der Waals surface area contributed by atoms with Crippen LogP contribution in [0.3, 0.4) is 0 Å². The average Bonchev–Trinajstić information content (AvgIpc) is 2.82. The molecule has 2 atom stereocenters. The van der Waals surface area contributed by atoms with E-state index in [1.807, 2.05) is 23.6 Å². The molecule has 7 nitrogen and oxygen atoms in total. The van der Waals surface area contributed by atoms with E-state index in [0.29, 0.717) is 25.2 Å². The number of carbonyl (C=O) groups excluding carboxylic acids is 2. The van der Waals surface area contributed by atoms with E-state index in [0.717, 1.165) is 29.9 Å². The number of piperidine rings is 1. The van der Waals surface area contributed by atoms with E-state index in [4.69, 9.17) is 4.52 Å². The topological polar surface area (TPSA) is 79.5 Å². The molecule has 3 fully saturated rings. The summed E-state index contributed by atoms with van der Waals surface area (Å²) in [6.45, 7) is 5.31. The van der Waals surface area contributed by atoms with Crippen LogP contribution >= 0.6 is 0 Å². The number of fused-ring (bicyclic) bond motifs is 4. The van der Waals surface area contributed by atoms with Gasteiger partial charge in [0.1, 0.15) is 5.76 Å². The minimum atomic E-state index is -0.139. The molecule has 0 N–H and O–H groups in total. The molecule has 7 heteroatoms. The molecule has 0 radical (unpaired) electrons. The van der Waals surface area contributed by atoms with Crippen molar-refractivity contribution in [3.63, 3.8) is 0 Å². The van der Waals surface area contributed by atoms with Gasteiger partial charge in [-0.25, -0.2) is 0 Å². The molecule has 136 valence electrons. The van der Waals surface area contributed by atoms with Crippen LogP contribution in [0.15, 0.2) is 29.0 Å². The van der Waals surface area contributed by atoms with E-state index in [2.05, 4.69) is 10.1 Å². The summed E-state index contributed by atoms with van der Waals surface area (Å²) in [5.74, 6) is 0.711. The predicted molar refractivity (Wildman–Crippen MR) is 93.2 cm³/mol. The Hall–Kier alpha value is -2.70. The van der Waals surface area contributed by atoms with Crippen LogP contribution in [0.2, 0.25) is 0 Å². The van der Waals surface area contributed by atoms with Gasteiger partial charge in [0.25, 0.3) is 5.91 Å². The highest BCUT2D eigenvalue weighted by Crippen LogP contribution is 2.32. The van der Waals surface area contributed by atoms with E-state index in [9.17, 15) is 9.59 Å². The molecule has 0 aromatic carbocycles. The lowest BCUT2D eigenvalue weighted by molar-refractivity contribution is -0.140. The SMILES string of the molecule is Cc1noc(C)c1CN1C(=O)C2CCC1CN(C(=O)c1ccncc1)C2. The van der Waals surface area contributed by atoms with Crippen molar-refractivity contribution in [1.82, 2.24) is 19.9 Å². The van der Waals surface area contributed by atoms with E-state index >= 15 is 0 Å². The Balaban J connectivity index is 1.58. The van der Waals surface area contributed by atoms with E-state index in [1.165, 1.54) is 0 Å². The highest BCUT2D eigenvalue weighted by molar-refractivity contribution is 5.95. The van der Waals surface area contributed by atoms with Crippen LogP contribution in [0, 0.1) is 19.8 Å².